The van der Waals surface area contributed by atoms with Crippen molar-refractivity contribution in [2.45, 2.75) is 29.6 Å². The molecule has 0 unspecified atom stereocenters. The average molecular weight is 288 g/mol. The van der Waals surface area contributed by atoms with Crippen LogP contribution in [0.4, 0.5) is 0 Å². The van der Waals surface area contributed by atoms with Gasteiger partial charge in [0.05, 0.1) is 36.1 Å². The van der Waals surface area contributed by atoms with Crippen molar-refractivity contribution in [1.82, 2.24) is 0 Å². The Morgan fingerprint density at radius 2 is 2.21 bits per heavy atom. The number of hydrogen-bond acceptors (Lipinski definition) is 7. The summed E-state index contributed by atoms with van der Waals surface area (Å²) in [5.41, 5.74) is 0.240. The van der Waals surface area contributed by atoms with Gasteiger partial charge >= 0.3 is 5.97 Å². The number of aliphatic hydroxyl groups is 3. The van der Waals surface area contributed by atoms with Gasteiger partial charge < -0.3 is 24.5 Å². The molecule has 0 spiro atoms. The minimum absolute atomic E-state index is 0.240. The molecule has 2 heterocycles. The topological polar surface area (TPSA) is 100 Å². The molecule has 1 aliphatic rings. The van der Waals surface area contributed by atoms with Gasteiger partial charge in [0, 0.05) is 0 Å². The highest BCUT2D eigenvalue weighted by Crippen LogP contribution is 2.46. The van der Waals surface area contributed by atoms with E-state index < -0.39 is 28.7 Å². The molecule has 1 aliphatic heterocycles. The maximum absolute atomic E-state index is 11.7. The smallest absolute Gasteiger partial charge is 0.341 e. The van der Waals surface area contributed by atoms with Crippen LogP contribution in [0, 0.1) is 0 Å². The average Bonchev–Trinajstić information content (AvgIpc) is 2.97. The van der Waals surface area contributed by atoms with E-state index in [2.05, 4.69) is 0 Å². The molecule has 0 bridgehead atoms. The summed E-state index contributed by atoms with van der Waals surface area (Å²) in [6.45, 7) is 1.68. The zero-order chi connectivity index (χ0) is 14.0. The van der Waals surface area contributed by atoms with Gasteiger partial charge in [-0.15, -0.1) is 11.8 Å². The minimum Gasteiger partial charge on any atom is -0.467 e. The molecule has 0 saturated carbocycles. The monoisotopic (exact) mass is 288 g/mol. The van der Waals surface area contributed by atoms with Crippen LogP contribution >= 0.6 is 11.8 Å². The van der Waals surface area contributed by atoms with Gasteiger partial charge in [-0.1, -0.05) is 0 Å². The first-order chi connectivity index (χ1) is 9.10. The van der Waals surface area contributed by atoms with Crippen LogP contribution in [0.5, 0.6) is 0 Å². The van der Waals surface area contributed by atoms with Gasteiger partial charge in [0.25, 0.3) is 0 Å². The number of aliphatic hydroxyl groups excluding tert-OH is 3. The zero-order valence-electron chi connectivity index (χ0n) is 10.4. The van der Waals surface area contributed by atoms with Crippen molar-refractivity contribution >= 4 is 17.7 Å². The normalized spacial score (nSPS) is 30.5. The lowest BCUT2D eigenvalue weighted by Crippen LogP contribution is -2.32. The molecular formula is C12H16O6S. The Labute approximate surface area is 114 Å². The van der Waals surface area contributed by atoms with Crippen molar-refractivity contribution < 1.29 is 29.3 Å². The lowest BCUT2D eigenvalue weighted by molar-refractivity contribution is 0.0170. The summed E-state index contributed by atoms with van der Waals surface area (Å²) in [5.74, 6) is -0.257. The molecule has 19 heavy (non-hydrogen) atoms. The zero-order valence-corrected chi connectivity index (χ0v) is 11.2. The summed E-state index contributed by atoms with van der Waals surface area (Å²) >= 11 is 1.18. The summed E-state index contributed by atoms with van der Waals surface area (Å²) in [4.78, 5) is 11.7. The molecule has 2 rings (SSSR count). The number of thioether (sulfide) groups is 1. The second kappa shape index (κ2) is 5.96. The summed E-state index contributed by atoms with van der Waals surface area (Å²) < 4.78 is 10.2. The van der Waals surface area contributed by atoms with E-state index in [0.29, 0.717) is 0 Å². The SMILES string of the molecule is CCOC(=O)c1ccoc1[C@H]1S[C@H](CO)[C@@H](O)[C@H]1O. The Morgan fingerprint density at radius 3 is 2.79 bits per heavy atom. The number of furan rings is 1. The third-order valence-corrected chi connectivity index (χ3v) is 4.55. The lowest BCUT2D eigenvalue weighted by atomic mass is 10.0. The highest BCUT2D eigenvalue weighted by atomic mass is 32.2. The molecule has 1 fully saturated rings. The van der Waals surface area contributed by atoms with E-state index in [4.69, 9.17) is 14.3 Å². The highest BCUT2D eigenvalue weighted by Gasteiger charge is 2.45. The van der Waals surface area contributed by atoms with E-state index in [1.807, 2.05) is 0 Å². The Bertz CT molecular complexity index is 445. The van der Waals surface area contributed by atoms with Gasteiger partial charge in [-0.05, 0) is 13.0 Å². The molecule has 0 aromatic carbocycles. The van der Waals surface area contributed by atoms with Crippen LogP contribution in [0.2, 0.25) is 0 Å². The van der Waals surface area contributed by atoms with Crippen molar-refractivity contribution in [2.24, 2.45) is 0 Å². The van der Waals surface area contributed by atoms with E-state index in [9.17, 15) is 15.0 Å². The third kappa shape index (κ3) is 2.64. The quantitative estimate of drug-likeness (QED) is 0.686. The summed E-state index contributed by atoms with van der Waals surface area (Å²) in [6, 6.07) is 1.47. The fourth-order valence-corrected chi connectivity index (χ4v) is 3.45. The number of rotatable bonds is 4. The fraction of sp³-hybridized carbons (Fsp3) is 0.583. The molecule has 1 saturated heterocycles. The van der Waals surface area contributed by atoms with Crippen molar-refractivity contribution in [3.8, 4) is 0 Å². The maximum Gasteiger partial charge on any atom is 0.341 e. The van der Waals surface area contributed by atoms with Crippen molar-refractivity contribution in [3.63, 3.8) is 0 Å². The first kappa shape index (κ1) is 14.4. The van der Waals surface area contributed by atoms with E-state index in [0.717, 1.165) is 0 Å². The second-order valence-corrected chi connectivity index (χ2v) is 5.56. The highest BCUT2D eigenvalue weighted by molar-refractivity contribution is 8.00. The first-order valence-electron chi connectivity index (χ1n) is 5.97. The Balaban J connectivity index is 2.23. The van der Waals surface area contributed by atoms with Crippen LogP contribution < -0.4 is 0 Å². The van der Waals surface area contributed by atoms with Crippen LogP contribution in [0.25, 0.3) is 0 Å². The predicted octanol–water partition coefficient (Wildman–Crippen LogP) is 0.327. The van der Waals surface area contributed by atoms with Crippen LogP contribution in [-0.2, 0) is 4.74 Å². The lowest BCUT2D eigenvalue weighted by Gasteiger charge is -2.14. The number of ether oxygens (including phenoxy) is 1. The van der Waals surface area contributed by atoms with Crippen molar-refractivity contribution in [3.05, 3.63) is 23.7 Å². The van der Waals surface area contributed by atoms with Crippen LogP contribution in [0.3, 0.4) is 0 Å². The molecule has 1 aromatic heterocycles. The standard InChI is InChI=1S/C12H16O6S/c1-2-17-12(16)6-3-4-18-10(6)11-9(15)8(14)7(5-13)19-11/h3-4,7-9,11,13-15H,2,5H2,1H3/t7-,8-,9-,11+/m1/s1. The van der Waals surface area contributed by atoms with Crippen molar-refractivity contribution in [2.75, 3.05) is 13.2 Å². The molecule has 4 atom stereocenters. The molecule has 1 aromatic rings. The Morgan fingerprint density at radius 1 is 1.47 bits per heavy atom. The van der Waals surface area contributed by atoms with E-state index >= 15 is 0 Å². The Kier molecular flexibility index (Phi) is 4.51. The van der Waals surface area contributed by atoms with Gasteiger partial charge in [0.1, 0.15) is 17.4 Å². The van der Waals surface area contributed by atoms with Gasteiger partial charge in [0.15, 0.2) is 0 Å². The Hall–Kier alpha value is -1.02. The molecule has 6 nitrogen and oxygen atoms in total. The molecule has 0 amide bonds. The number of hydrogen-bond donors (Lipinski definition) is 3. The summed E-state index contributed by atoms with van der Waals surface area (Å²) in [5, 5.41) is 27.8. The molecular weight excluding hydrogens is 272 g/mol. The van der Waals surface area contributed by atoms with Crippen molar-refractivity contribution in [1.29, 1.82) is 0 Å². The van der Waals surface area contributed by atoms with Gasteiger partial charge in [-0.3, -0.25) is 0 Å². The maximum atomic E-state index is 11.7. The second-order valence-electron chi connectivity index (χ2n) is 4.18. The fourth-order valence-electron chi connectivity index (χ4n) is 2.04. The molecule has 106 valence electrons. The van der Waals surface area contributed by atoms with Crippen LogP contribution in [0.1, 0.15) is 28.3 Å². The van der Waals surface area contributed by atoms with E-state index in [1.165, 1.54) is 24.1 Å². The number of carbonyl (C=O) groups excluding carboxylic acids is 1. The van der Waals surface area contributed by atoms with Gasteiger partial charge in [0.2, 0.25) is 0 Å². The number of esters is 1. The minimum atomic E-state index is -1.10. The largest absolute Gasteiger partial charge is 0.467 e. The van der Waals surface area contributed by atoms with Crippen LogP contribution in [-0.4, -0.2) is 52.0 Å². The summed E-state index contributed by atoms with van der Waals surface area (Å²) in [7, 11) is 0. The molecule has 0 radical (unpaired) electrons. The summed E-state index contributed by atoms with van der Waals surface area (Å²) in [6.07, 6.45) is -0.810. The molecule has 7 heteroatoms. The predicted molar refractivity (Wildman–Crippen MR) is 67.9 cm³/mol. The van der Waals surface area contributed by atoms with E-state index in [-0.39, 0.29) is 24.5 Å². The molecule has 3 N–H and O–H groups in total. The number of carbonyl (C=O) groups is 1. The van der Waals surface area contributed by atoms with Gasteiger partial charge in [-0.25, -0.2) is 4.79 Å². The van der Waals surface area contributed by atoms with Gasteiger partial charge in [-0.2, -0.15) is 0 Å². The third-order valence-electron chi connectivity index (χ3n) is 2.99. The van der Waals surface area contributed by atoms with Crippen LogP contribution in [0.15, 0.2) is 16.7 Å². The molecule has 0 aliphatic carbocycles. The first-order valence-corrected chi connectivity index (χ1v) is 6.91. The van der Waals surface area contributed by atoms with E-state index in [1.54, 1.807) is 6.92 Å².